The monoisotopic (exact) mass is 208 g/mol. The Bertz CT molecular complexity index is 155. The minimum atomic E-state index is -1.08. The van der Waals surface area contributed by atoms with E-state index in [1.54, 1.807) is 13.8 Å². The van der Waals surface area contributed by atoms with Crippen LogP contribution in [0.5, 0.6) is 0 Å². The van der Waals surface area contributed by atoms with Gasteiger partial charge < -0.3 is 20.4 Å². The normalized spacial score (nSPS) is 13.4. The largest absolute Gasteiger partial charge is 0.481 e. The van der Waals surface area contributed by atoms with E-state index in [0.717, 1.165) is 0 Å². The van der Waals surface area contributed by atoms with E-state index in [0.29, 0.717) is 0 Å². The quantitative estimate of drug-likeness (QED) is 0.503. The van der Waals surface area contributed by atoms with Crippen molar-refractivity contribution in [1.29, 1.82) is 0 Å². The Hall–Kier alpha value is -1.14. The first kappa shape index (κ1) is 15.3. The molecule has 0 amide bonds. The lowest BCUT2D eigenvalue weighted by molar-refractivity contribution is -0.143. The Balaban J connectivity index is 0. The summed E-state index contributed by atoms with van der Waals surface area (Å²) in [6.07, 6.45) is -1.78. The summed E-state index contributed by atoms with van der Waals surface area (Å²) in [6.45, 7) is 3.09. The van der Waals surface area contributed by atoms with Crippen molar-refractivity contribution in [3.05, 3.63) is 0 Å². The van der Waals surface area contributed by atoms with Gasteiger partial charge in [-0.1, -0.05) is 0 Å². The topological polar surface area (TPSA) is 115 Å². The van der Waals surface area contributed by atoms with Gasteiger partial charge in [-0.3, -0.25) is 9.59 Å². The fraction of sp³-hybridized carbons (Fsp3) is 0.750. The van der Waals surface area contributed by atoms with Gasteiger partial charge in [0.15, 0.2) is 0 Å². The van der Waals surface area contributed by atoms with E-state index in [1.807, 2.05) is 0 Å². The van der Waals surface area contributed by atoms with Crippen molar-refractivity contribution >= 4 is 11.9 Å². The van der Waals surface area contributed by atoms with E-state index in [4.69, 9.17) is 20.4 Å². The molecule has 6 nitrogen and oxygen atoms in total. The number of hydrogen-bond donors (Lipinski definition) is 4. The Labute approximate surface area is 81.8 Å². The molecular formula is C8H16O6. The molecule has 0 aliphatic carbocycles. The van der Waals surface area contributed by atoms with Gasteiger partial charge >= 0.3 is 11.9 Å². The molecule has 0 aromatic rings. The maximum absolute atomic E-state index is 9.64. The van der Waals surface area contributed by atoms with E-state index < -0.39 is 24.1 Å². The molecule has 0 spiro atoms. The highest BCUT2D eigenvalue weighted by molar-refractivity contribution is 5.75. The summed E-state index contributed by atoms with van der Waals surface area (Å²) in [5, 5.41) is 32.6. The van der Waals surface area contributed by atoms with Crippen LogP contribution >= 0.6 is 0 Å². The highest BCUT2D eigenvalue weighted by Crippen LogP contribution is 1.86. The molecule has 84 valence electrons. The number of rotatable bonds is 4. The summed E-state index contributed by atoms with van der Waals surface area (Å²) in [5.41, 5.74) is 0. The Kier molecular flexibility index (Phi) is 9.27. The maximum Gasteiger partial charge on any atom is 0.303 e. The van der Waals surface area contributed by atoms with Crippen molar-refractivity contribution < 1.29 is 30.0 Å². The lowest BCUT2D eigenvalue weighted by Crippen LogP contribution is -2.17. The van der Waals surface area contributed by atoms with Crippen LogP contribution in [0.15, 0.2) is 0 Å². The second-order valence-corrected chi connectivity index (χ2v) is 2.77. The third kappa shape index (κ3) is 17.1. The fourth-order valence-corrected chi connectivity index (χ4v) is 0.214. The van der Waals surface area contributed by atoms with E-state index in [1.165, 1.54) is 0 Å². The number of carbonyl (C=O) groups is 2. The highest BCUT2D eigenvalue weighted by atomic mass is 16.4. The van der Waals surface area contributed by atoms with Crippen molar-refractivity contribution in [3.63, 3.8) is 0 Å². The summed E-state index contributed by atoms with van der Waals surface area (Å²) in [4.78, 5) is 19.3. The molecule has 0 heterocycles. The molecule has 6 heteroatoms. The van der Waals surface area contributed by atoms with Crippen LogP contribution in [0.3, 0.4) is 0 Å². The van der Waals surface area contributed by atoms with Crippen molar-refractivity contribution in [1.82, 2.24) is 0 Å². The molecule has 2 unspecified atom stereocenters. The summed E-state index contributed by atoms with van der Waals surface area (Å²) < 4.78 is 0. The van der Waals surface area contributed by atoms with Crippen LogP contribution in [0, 0.1) is 0 Å². The standard InChI is InChI=1S/C4H6O4.C4H10O2/c5-3(6)1-2-4(7)8;1-3(5)4(2)6/h1-2H2,(H,5,6)(H,7,8);3-6H,1-2H3. The number of aliphatic hydroxyl groups excluding tert-OH is 2. The van der Waals surface area contributed by atoms with Gasteiger partial charge in [0.05, 0.1) is 25.0 Å². The summed E-state index contributed by atoms with van der Waals surface area (Å²) in [6, 6.07) is 0. The van der Waals surface area contributed by atoms with Crippen molar-refractivity contribution in [2.24, 2.45) is 0 Å². The SMILES string of the molecule is CC(O)C(C)O.O=C(O)CCC(=O)O. The molecule has 0 aliphatic rings. The van der Waals surface area contributed by atoms with Crippen LogP contribution in [0.1, 0.15) is 26.7 Å². The fourth-order valence-electron chi connectivity index (χ4n) is 0.214. The average molecular weight is 208 g/mol. The molecule has 4 N–H and O–H groups in total. The molecule has 0 saturated heterocycles. The molecule has 0 aliphatic heterocycles. The predicted molar refractivity (Wildman–Crippen MR) is 47.9 cm³/mol. The molecular weight excluding hydrogens is 192 g/mol. The van der Waals surface area contributed by atoms with Crippen LogP contribution in [0.2, 0.25) is 0 Å². The number of carboxylic acid groups (broad SMARTS) is 2. The molecule has 0 saturated carbocycles. The number of hydrogen-bond acceptors (Lipinski definition) is 4. The molecule has 0 rings (SSSR count). The predicted octanol–water partition coefficient (Wildman–Crippen LogP) is -0.316. The molecule has 14 heavy (non-hydrogen) atoms. The second-order valence-electron chi connectivity index (χ2n) is 2.77. The van der Waals surface area contributed by atoms with Crippen LogP contribution < -0.4 is 0 Å². The van der Waals surface area contributed by atoms with Crippen molar-refractivity contribution in [2.45, 2.75) is 38.9 Å². The number of aliphatic hydroxyl groups is 2. The summed E-state index contributed by atoms with van der Waals surface area (Å²) in [5.74, 6) is -2.15. The van der Waals surface area contributed by atoms with Crippen LogP contribution in [0.25, 0.3) is 0 Å². The zero-order valence-electron chi connectivity index (χ0n) is 8.17. The maximum atomic E-state index is 9.64. The number of carboxylic acids is 2. The van der Waals surface area contributed by atoms with Gasteiger partial charge in [0.2, 0.25) is 0 Å². The Morgan fingerprint density at radius 3 is 1.21 bits per heavy atom. The van der Waals surface area contributed by atoms with E-state index in [2.05, 4.69) is 0 Å². The van der Waals surface area contributed by atoms with Crippen molar-refractivity contribution in [3.8, 4) is 0 Å². The molecule has 0 radical (unpaired) electrons. The molecule has 0 aromatic carbocycles. The number of aliphatic carboxylic acids is 2. The van der Waals surface area contributed by atoms with Crippen LogP contribution in [-0.4, -0.2) is 44.6 Å². The average Bonchev–Trinajstić information content (AvgIpc) is 2.01. The zero-order valence-corrected chi connectivity index (χ0v) is 8.17. The zero-order chi connectivity index (χ0) is 11.7. The molecule has 0 aromatic heterocycles. The Morgan fingerprint density at radius 1 is 0.929 bits per heavy atom. The summed E-state index contributed by atoms with van der Waals surface area (Å²) >= 11 is 0. The van der Waals surface area contributed by atoms with Gasteiger partial charge in [0.1, 0.15) is 0 Å². The van der Waals surface area contributed by atoms with Crippen LogP contribution in [-0.2, 0) is 9.59 Å². The van der Waals surface area contributed by atoms with Gasteiger partial charge in [-0.25, -0.2) is 0 Å². The van der Waals surface area contributed by atoms with Gasteiger partial charge in [-0.15, -0.1) is 0 Å². The van der Waals surface area contributed by atoms with Gasteiger partial charge in [-0.2, -0.15) is 0 Å². The molecule has 0 fully saturated rings. The van der Waals surface area contributed by atoms with Crippen LogP contribution in [0.4, 0.5) is 0 Å². The first-order valence-corrected chi connectivity index (χ1v) is 4.07. The minimum absolute atomic E-state index is 0.296. The Morgan fingerprint density at radius 2 is 1.14 bits per heavy atom. The van der Waals surface area contributed by atoms with E-state index in [-0.39, 0.29) is 12.8 Å². The van der Waals surface area contributed by atoms with Gasteiger partial charge in [0, 0.05) is 0 Å². The first-order valence-electron chi connectivity index (χ1n) is 4.07. The molecule has 0 bridgehead atoms. The first-order chi connectivity index (χ1) is 6.27. The van der Waals surface area contributed by atoms with E-state index >= 15 is 0 Å². The van der Waals surface area contributed by atoms with Crippen molar-refractivity contribution in [2.75, 3.05) is 0 Å². The summed E-state index contributed by atoms with van der Waals surface area (Å²) in [7, 11) is 0. The third-order valence-electron chi connectivity index (χ3n) is 1.25. The third-order valence-corrected chi connectivity index (χ3v) is 1.25. The lowest BCUT2D eigenvalue weighted by atomic mass is 10.3. The van der Waals surface area contributed by atoms with E-state index in [9.17, 15) is 9.59 Å². The smallest absolute Gasteiger partial charge is 0.303 e. The lowest BCUT2D eigenvalue weighted by Gasteiger charge is -2.03. The molecule has 2 atom stereocenters. The minimum Gasteiger partial charge on any atom is -0.481 e. The van der Waals surface area contributed by atoms with Gasteiger partial charge in [0.25, 0.3) is 0 Å². The highest BCUT2D eigenvalue weighted by Gasteiger charge is 2.00. The van der Waals surface area contributed by atoms with Gasteiger partial charge in [-0.05, 0) is 13.8 Å². The second kappa shape index (κ2) is 8.46.